The zero-order valence-corrected chi connectivity index (χ0v) is 74.7. The summed E-state index contributed by atoms with van der Waals surface area (Å²) in [4.78, 5) is 23.6. The minimum Gasteiger partial charge on any atom is -0.748 e. The van der Waals surface area contributed by atoms with Gasteiger partial charge in [-0.1, -0.05) is 90.5 Å². The predicted octanol–water partition coefficient (Wildman–Crippen LogP) is 16.8. The molecular formula is C85H118N4O22P2S4+2. The lowest BCUT2D eigenvalue weighted by Gasteiger charge is -2.31. The Labute approximate surface area is 693 Å². The molecule has 0 fully saturated rings. The van der Waals surface area contributed by atoms with Gasteiger partial charge >= 0.3 is 37.7 Å². The zero-order chi connectivity index (χ0) is 87.1. The Morgan fingerprint density at radius 2 is 1.05 bits per heavy atom. The number of allylic oxidation sites excluding steroid dienone is 7. The SMILES string of the molecule is C=C(C1(C)C(C)=[N+](CCCCS(=O)(=O)[O-])c2ccccc21)P(=O)(OCC)OCC.CCOP(=O)(CCC1(C)C(=CC=CC2=[N+](CCCCCC(=O)O)c3ccc(C)cc3C2(C)C)N(CCCCS(=O)(=O)O)c2ccc(S(=O)(=O)O)cc21)OCC.Cc1ccc2c(c1)C(C)(C)C(C=CCc1ccccc1)=[N+]2CCCCCC(=O)O.O=S(=O)=O. The molecule has 26 nitrogen and oxygen atoms in total. The molecule has 642 valence electrons. The Hall–Kier alpha value is -7.54. The molecule has 0 saturated heterocycles. The second kappa shape index (κ2) is 43.1. The maximum atomic E-state index is 13.8. The van der Waals surface area contributed by atoms with E-state index in [1.165, 1.54) is 45.8 Å². The van der Waals surface area contributed by atoms with Crippen LogP contribution >= 0.6 is 15.2 Å². The first-order valence-electron chi connectivity index (χ1n) is 39.6. The largest absolute Gasteiger partial charge is 0.748 e. The smallest absolute Gasteiger partial charge is 0.425 e. The highest BCUT2D eigenvalue weighted by Gasteiger charge is 2.55. The molecule has 4 N–H and O–H groups in total. The Balaban J connectivity index is 0.000000288. The fourth-order valence-electron chi connectivity index (χ4n) is 15.6. The summed E-state index contributed by atoms with van der Waals surface area (Å²) in [5, 5.41) is 18.4. The molecule has 0 radical (unpaired) electrons. The first-order valence-corrected chi connectivity index (χ1v) is 48.5. The molecule has 0 amide bonds. The van der Waals surface area contributed by atoms with Crippen LogP contribution in [0, 0.1) is 13.8 Å². The molecule has 32 heteroatoms. The molecule has 0 aromatic heterocycles. The summed E-state index contributed by atoms with van der Waals surface area (Å²) in [5.74, 6) is -2.32. The van der Waals surface area contributed by atoms with Crippen LogP contribution in [0.4, 0.5) is 22.7 Å². The fraction of sp³-hybridized carbons (Fsp3) is 0.494. The molecule has 117 heavy (non-hydrogen) atoms. The van der Waals surface area contributed by atoms with E-state index in [0.29, 0.717) is 55.5 Å². The standard InChI is InChI=1S/C39H55N2O11PS2.C26H31NO2.C20H30NO6PS.O3S/c1-7-51-53(44,52-8-2)25-22-39(6)32-28-30(55(48,49)50)19-21-34(32)41(24-12-13-26-54(45,46)47)36(39)16-14-15-35-38(4,5)31-27-29(3)18-20-33(31)40(35)23-11-9-10-17-37(42)43;1-20-16-17-23-22(19-20)26(2,3)24(14-10-13-21-11-6-4-7-12-21)27(23)18-9-5-8-15-25(28)29;1-6-26-28(22,27-7-2)17(4)20(5)16(3)21(14-10-11-15-29(23,24)25)19-13-9-8-12-18(19)20;1-4(2)3/h14-16,18-21,27-28H,7-13,17,22-26H2,1-6H3,(H2-,42,43,45,46,47,48,49,50);4,6-7,10-12,14,16-17,19H,5,8-9,13,15,18H2,1-3H3;8-9,12-13H,4,6-7,10-11,14-15H2,1-3,5H3;/p+2. The quantitative estimate of drug-likeness (QED) is 0.0122. The van der Waals surface area contributed by atoms with Crippen LogP contribution in [-0.2, 0) is 106 Å². The van der Waals surface area contributed by atoms with Gasteiger partial charge in [0.1, 0.15) is 25.0 Å². The number of carbonyl (C=O) groups is 2. The summed E-state index contributed by atoms with van der Waals surface area (Å²) in [6.07, 6.45) is 18.1. The van der Waals surface area contributed by atoms with Crippen LogP contribution in [0.2, 0.25) is 0 Å². The Kier molecular flexibility index (Phi) is 36.2. The molecule has 0 aliphatic carbocycles. The molecule has 5 aromatic rings. The number of aryl methyl sites for hydroxylation is 2. The molecule has 9 rings (SSSR count). The monoisotopic (exact) mass is 1740 g/mol. The highest BCUT2D eigenvalue weighted by Crippen LogP contribution is 2.64. The van der Waals surface area contributed by atoms with Gasteiger partial charge in [-0.05, 0) is 188 Å². The third-order valence-corrected chi connectivity index (χ3v) is 28.4. The number of benzene rings is 5. The van der Waals surface area contributed by atoms with E-state index in [1.807, 2.05) is 74.2 Å². The average Bonchev–Trinajstić information content (AvgIpc) is 1.29. The van der Waals surface area contributed by atoms with Crippen LogP contribution in [0.5, 0.6) is 0 Å². The van der Waals surface area contributed by atoms with Crippen molar-refractivity contribution in [3.05, 3.63) is 196 Å². The minimum absolute atomic E-state index is 0.00704. The van der Waals surface area contributed by atoms with Gasteiger partial charge < -0.3 is 37.8 Å². The molecule has 0 bridgehead atoms. The van der Waals surface area contributed by atoms with Crippen LogP contribution in [0.1, 0.15) is 199 Å². The second-order valence-electron chi connectivity index (χ2n) is 30.7. The number of para-hydroxylation sites is 1. The van der Waals surface area contributed by atoms with Crippen molar-refractivity contribution >= 4 is 108 Å². The minimum atomic E-state index is -4.59. The number of nitrogens with zero attached hydrogens (tertiary/aromatic N) is 4. The van der Waals surface area contributed by atoms with E-state index in [4.69, 9.17) is 40.9 Å². The molecule has 2 unspecified atom stereocenters. The van der Waals surface area contributed by atoms with E-state index >= 15 is 0 Å². The van der Waals surface area contributed by atoms with Crippen molar-refractivity contribution in [3.63, 3.8) is 0 Å². The highest BCUT2D eigenvalue weighted by atomic mass is 32.2. The molecule has 4 aliphatic rings. The molecule has 4 aliphatic heterocycles. The normalized spacial score (nSPS) is 17.8. The van der Waals surface area contributed by atoms with Crippen LogP contribution < -0.4 is 4.90 Å². The first-order chi connectivity index (χ1) is 54.8. The van der Waals surface area contributed by atoms with Gasteiger partial charge in [0.25, 0.3) is 20.2 Å². The van der Waals surface area contributed by atoms with Gasteiger partial charge in [-0.3, -0.25) is 27.8 Å². The van der Waals surface area contributed by atoms with E-state index in [9.17, 15) is 57.6 Å². The lowest BCUT2D eigenvalue weighted by molar-refractivity contribution is -0.439. The number of hydrogen-bond acceptors (Lipinski definition) is 19. The molecule has 0 spiro atoms. The van der Waals surface area contributed by atoms with Crippen LogP contribution in [0.25, 0.3) is 0 Å². The Morgan fingerprint density at radius 1 is 0.573 bits per heavy atom. The van der Waals surface area contributed by atoms with Crippen LogP contribution in [0.15, 0.2) is 162 Å². The third kappa shape index (κ3) is 26.5. The summed E-state index contributed by atoms with van der Waals surface area (Å²) in [5.41, 5.74) is 13.6. The number of carboxylic acids is 2. The second-order valence-corrected chi connectivity index (χ2v) is 39.8. The zero-order valence-electron chi connectivity index (χ0n) is 69.6. The van der Waals surface area contributed by atoms with Gasteiger partial charge in [-0.25, -0.2) is 8.42 Å². The molecular weight excluding hydrogens is 1620 g/mol. The van der Waals surface area contributed by atoms with Crippen molar-refractivity contribution in [2.75, 3.05) is 75.2 Å². The summed E-state index contributed by atoms with van der Waals surface area (Å²) in [6, 6.07) is 35.7. The number of anilines is 1. The van der Waals surface area contributed by atoms with Gasteiger partial charge in [-0.2, -0.15) is 30.6 Å². The van der Waals surface area contributed by atoms with Gasteiger partial charge in [0.2, 0.25) is 17.1 Å². The number of carboxylic acid groups (broad SMARTS) is 2. The predicted molar refractivity (Wildman–Crippen MR) is 456 cm³/mol. The van der Waals surface area contributed by atoms with Gasteiger partial charge in [0, 0.05) is 115 Å². The van der Waals surface area contributed by atoms with Gasteiger partial charge in [-0.15, -0.1) is 12.6 Å². The first kappa shape index (κ1) is 98.3. The number of fused-ring (bicyclic) bond motifs is 4. The molecule has 2 atom stereocenters. The summed E-state index contributed by atoms with van der Waals surface area (Å²) >= 11 is 0. The van der Waals surface area contributed by atoms with Crippen molar-refractivity contribution in [1.82, 2.24) is 0 Å². The van der Waals surface area contributed by atoms with Crippen molar-refractivity contribution in [2.45, 2.75) is 206 Å². The van der Waals surface area contributed by atoms with E-state index in [2.05, 4.69) is 135 Å². The number of unbranched alkanes of at least 4 members (excludes halogenated alkanes) is 6. The van der Waals surface area contributed by atoms with E-state index < -0.39 is 84.7 Å². The summed E-state index contributed by atoms with van der Waals surface area (Å²) < 4.78 is 182. The third-order valence-electron chi connectivity index (χ3n) is 21.6. The lowest BCUT2D eigenvalue weighted by atomic mass is 9.78. The maximum Gasteiger partial charge on any atom is 0.425 e. The maximum absolute atomic E-state index is 13.8. The van der Waals surface area contributed by atoms with Gasteiger partial charge in [0.05, 0.1) is 69.5 Å². The van der Waals surface area contributed by atoms with Crippen LogP contribution in [0.3, 0.4) is 0 Å². The van der Waals surface area contributed by atoms with Crippen molar-refractivity contribution in [2.24, 2.45) is 0 Å². The summed E-state index contributed by atoms with van der Waals surface area (Å²) in [6.45, 7) is 33.3. The number of hydrogen-bond donors (Lipinski definition) is 4. The van der Waals surface area contributed by atoms with Crippen molar-refractivity contribution < 1.29 is 112 Å². The fourth-order valence-corrected chi connectivity index (χ4v) is 21.0. The van der Waals surface area contributed by atoms with Gasteiger partial charge in [0.15, 0.2) is 17.1 Å². The Morgan fingerprint density at radius 3 is 1.55 bits per heavy atom. The van der Waals surface area contributed by atoms with E-state index in [0.717, 1.165) is 84.7 Å². The average molecular weight is 1740 g/mol. The summed E-state index contributed by atoms with van der Waals surface area (Å²) in [7, 11) is -23.2. The number of rotatable bonds is 41. The van der Waals surface area contributed by atoms with E-state index in [1.54, 1.807) is 33.8 Å². The number of aliphatic carboxylic acids is 2. The topological polar surface area (TPSA) is 375 Å². The van der Waals surface area contributed by atoms with Crippen LogP contribution in [-0.4, -0.2) is 175 Å². The molecule has 4 heterocycles. The van der Waals surface area contributed by atoms with Crippen molar-refractivity contribution in [1.29, 1.82) is 0 Å². The Bertz CT molecular complexity index is 5150. The molecule has 5 aromatic carbocycles. The highest BCUT2D eigenvalue weighted by molar-refractivity contribution is 7.86. The van der Waals surface area contributed by atoms with E-state index in [-0.39, 0.29) is 86.2 Å². The lowest BCUT2D eigenvalue weighted by Crippen LogP contribution is -2.33. The van der Waals surface area contributed by atoms with Crippen molar-refractivity contribution in [3.8, 4) is 0 Å². The molecule has 0 saturated carbocycles.